The molecule has 2 N–H and O–H groups in total. The molecule has 0 aliphatic rings. The van der Waals surface area contributed by atoms with Crippen LogP contribution in [0.1, 0.15) is 0 Å². The van der Waals surface area contributed by atoms with Crippen LogP contribution < -0.4 is 10.6 Å². The Morgan fingerprint density at radius 2 is 1.71 bits per heavy atom. The van der Waals surface area contributed by atoms with Crippen LogP contribution in [-0.2, 0) is 0 Å². The molecular formula is C7H9Cl3N4. The first-order valence-corrected chi connectivity index (χ1v) is 5.06. The third-order valence-electron chi connectivity index (χ3n) is 1.51. The molecule has 0 aliphatic carbocycles. The maximum atomic E-state index is 5.88. The molecule has 0 spiro atoms. The van der Waals surface area contributed by atoms with Crippen molar-refractivity contribution in [2.45, 2.75) is 0 Å². The van der Waals surface area contributed by atoms with Crippen molar-refractivity contribution in [1.82, 2.24) is 15.5 Å². The number of halogens is 3. The maximum absolute atomic E-state index is 5.88. The second kappa shape index (κ2) is 5.56. The van der Waals surface area contributed by atoms with Crippen molar-refractivity contribution in [3.8, 4) is 0 Å². The predicted molar refractivity (Wildman–Crippen MR) is 59.5 cm³/mol. The zero-order valence-corrected chi connectivity index (χ0v) is 9.71. The Morgan fingerprint density at radius 1 is 1.07 bits per heavy atom. The van der Waals surface area contributed by atoms with Crippen LogP contribution >= 0.6 is 34.8 Å². The summed E-state index contributed by atoms with van der Waals surface area (Å²) in [5.41, 5.74) is 0.517. The van der Waals surface area contributed by atoms with Crippen molar-refractivity contribution in [2.24, 2.45) is 0 Å². The van der Waals surface area contributed by atoms with Crippen molar-refractivity contribution in [3.63, 3.8) is 0 Å². The van der Waals surface area contributed by atoms with Gasteiger partial charge in [0.2, 0.25) is 0 Å². The molecule has 14 heavy (non-hydrogen) atoms. The monoisotopic (exact) mass is 254 g/mol. The number of rotatable bonds is 4. The molecule has 1 rings (SSSR count). The minimum Gasteiger partial charge on any atom is -0.380 e. The van der Waals surface area contributed by atoms with E-state index in [1.54, 1.807) is 0 Å². The Morgan fingerprint density at radius 3 is 2.36 bits per heavy atom. The minimum absolute atomic E-state index is 0.142. The van der Waals surface area contributed by atoms with Gasteiger partial charge in [0.1, 0.15) is 5.02 Å². The van der Waals surface area contributed by atoms with Gasteiger partial charge in [-0.05, 0) is 7.05 Å². The lowest BCUT2D eigenvalue weighted by atomic mass is 10.4. The smallest absolute Gasteiger partial charge is 0.176 e. The lowest BCUT2D eigenvalue weighted by Crippen LogP contribution is -2.18. The van der Waals surface area contributed by atoms with E-state index < -0.39 is 0 Å². The van der Waals surface area contributed by atoms with E-state index in [4.69, 9.17) is 34.8 Å². The van der Waals surface area contributed by atoms with Crippen LogP contribution in [-0.4, -0.2) is 30.3 Å². The summed E-state index contributed by atoms with van der Waals surface area (Å²) in [6, 6.07) is 0. The summed E-state index contributed by atoms with van der Waals surface area (Å²) in [7, 11) is 1.85. The molecule has 4 nitrogen and oxygen atoms in total. The highest BCUT2D eigenvalue weighted by molar-refractivity contribution is 6.44. The van der Waals surface area contributed by atoms with Gasteiger partial charge in [-0.25, -0.2) is 0 Å². The quantitative estimate of drug-likeness (QED) is 0.809. The highest BCUT2D eigenvalue weighted by Gasteiger charge is 2.11. The number of likely N-dealkylation sites (N-methyl/N-ethyl adjacent to an activating group) is 1. The van der Waals surface area contributed by atoms with E-state index >= 15 is 0 Å². The number of aromatic nitrogens is 2. The fourth-order valence-electron chi connectivity index (χ4n) is 0.838. The molecule has 1 aromatic rings. The number of hydrogen-bond acceptors (Lipinski definition) is 4. The van der Waals surface area contributed by atoms with Gasteiger partial charge in [0.25, 0.3) is 0 Å². The number of nitrogens with one attached hydrogen (secondary N) is 2. The molecule has 1 heterocycles. The molecule has 0 fully saturated rings. The normalized spacial score (nSPS) is 10.3. The van der Waals surface area contributed by atoms with Crippen LogP contribution in [0.5, 0.6) is 0 Å². The van der Waals surface area contributed by atoms with Crippen LogP contribution in [0.3, 0.4) is 0 Å². The van der Waals surface area contributed by atoms with Crippen molar-refractivity contribution in [3.05, 3.63) is 15.3 Å². The molecule has 0 amide bonds. The van der Waals surface area contributed by atoms with Gasteiger partial charge in [0.05, 0.1) is 5.69 Å². The second-order valence-electron chi connectivity index (χ2n) is 2.50. The summed E-state index contributed by atoms with van der Waals surface area (Å²) in [5, 5.41) is 13.8. The maximum Gasteiger partial charge on any atom is 0.176 e. The Kier molecular flexibility index (Phi) is 4.68. The molecule has 0 aromatic carbocycles. The van der Waals surface area contributed by atoms with Crippen LogP contribution in [0.2, 0.25) is 15.3 Å². The fourth-order valence-corrected chi connectivity index (χ4v) is 1.41. The summed E-state index contributed by atoms with van der Waals surface area (Å²) in [5.74, 6) is 0. The molecule has 0 saturated heterocycles. The molecule has 0 saturated carbocycles. The Labute approximate surface area is 96.9 Å². The summed E-state index contributed by atoms with van der Waals surface area (Å²) in [4.78, 5) is 0. The van der Waals surface area contributed by atoms with E-state index in [1.165, 1.54) is 0 Å². The third-order valence-corrected chi connectivity index (χ3v) is 2.50. The average molecular weight is 256 g/mol. The van der Waals surface area contributed by atoms with E-state index in [2.05, 4.69) is 20.8 Å². The molecule has 0 unspecified atom stereocenters. The van der Waals surface area contributed by atoms with Crippen LogP contribution in [0, 0.1) is 0 Å². The van der Waals surface area contributed by atoms with Crippen molar-refractivity contribution in [2.75, 3.05) is 25.5 Å². The van der Waals surface area contributed by atoms with Gasteiger partial charge in [0, 0.05) is 13.1 Å². The van der Waals surface area contributed by atoms with Crippen molar-refractivity contribution in [1.29, 1.82) is 0 Å². The zero-order valence-electron chi connectivity index (χ0n) is 7.44. The second-order valence-corrected chi connectivity index (χ2v) is 3.59. The Bertz CT molecular complexity index is 318. The molecule has 1 aromatic heterocycles. The van der Waals surface area contributed by atoms with Crippen molar-refractivity contribution < 1.29 is 0 Å². The Hall–Kier alpha value is -0.290. The molecule has 0 bridgehead atoms. The standard InChI is InChI=1S/C7H9Cl3N4/c1-11-2-3-12-5-4(8)6(9)13-14-7(5)10/h11H,2-3H2,1H3,(H,12,13). The summed E-state index contributed by atoms with van der Waals surface area (Å²) < 4.78 is 0. The molecular weight excluding hydrogens is 246 g/mol. The number of hydrogen-bond donors (Lipinski definition) is 2. The SMILES string of the molecule is CNCCNc1c(Cl)nnc(Cl)c1Cl. The summed E-state index contributed by atoms with van der Waals surface area (Å²) in [6.45, 7) is 1.46. The lowest BCUT2D eigenvalue weighted by molar-refractivity contribution is 0.822. The van der Waals surface area contributed by atoms with Crippen LogP contribution in [0.15, 0.2) is 0 Å². The number of nitrogens with zero attached hydrogens (tertiary/aromatic N) is 2. The van der Waals surface area contributed by atoms with Crippen molar-refractivity contribution >= 4 is 40.5 Å². The van der Waals surface area contributed by atoms with E-state index in [-0.39, 0.29) is 10.3 Å². The molecule has 0 aliphatic heterocycles. The Balaban J connectivity index is 2.79. The number of anilines is 1. The van der Waals surface area contributed by atoms with Crippen LogP contribution in [0.25, 0.3) is 0 Å². The molecule has 0 atom stereocenters. The molecule has 0 radical (unpaired) electrons. The minimum atomic E-state index is 0.142. The van der Waals surface area contributed by atoms with E-state index in [9.17, 15) is 0 Å². The average Bonchev–Trinajstić information content (AvgIpc) is 2.18. The van der Waals surface area contributed by atoms with E-state index in [1.807, 2.05) is 7.05 Å². The zero-order chi connectivity index (χ0) is 10.6. The van der Waals surface area contributed by atoms with Gasteiger partial charge in [-0.2, -0.15) is 0 Å². The first-order valence-electron chi connectivity index (χ1n) is 3.92. The third kappa shape index (κ3) is 2.85. The largest absolute Gasteiger partial charge is 0.380 e. The topological polar surface area (TPSA) is 49.8 Å². The van der Waals surface area contributed by atoms with Gasteiger partial charge >= 0.3 is 0 Å². The summed E-state index contributed by atoms with van der Waals surface area (Å²) in [6.07, 6.45) is 0. The predicted octanol–water partition coefficient (Wildman–Crippen LogP) is 2.07. The molecule has 78 valence electrons. The fraction of sp³-hybridized carbons (Fsp3) is 0.429. The highest BCUT2D eigenvalue weighted by Crippen LogP contribution is 2.32. The highest BCUT2D eigenvalue weighted by atomic mass is 35.5. The lowest BCUT2D eigenvalue weighted by Gasteiger charge is -2.09. The van der Waals surface area contributed by atoms with Gasteiger partial charge in [-0.15, -0.1) is 10.2 Å². The first-order chi connectivity index (χ1) is 6.66. The summed E-state index contributed by atoms with van der Waals surface area (Å²) >= 11 is 17.3. The van der Waals surface area contributed by atoms with Gasteiger partial charge < -0.3 is 10.6 Å². The molecule has 7 heteroatoms. The van der Waals surface area contributed by atoms with Gasteiger partial charge in [-0.1, -0.05) is 34.8 Å². The van der Waals surface area contributed by atoms with Gasteiger partial charge in [0.15, 0.2) is 10.3 Å². The van der Waals surface area contributed by atoms with E-state index in [0.29, 0.717) is 17.3 Å². The first kappa shape index (κ1) is 11.8. The van der Waals surface area contributed by atoms with E-state index in [0.717, 1.165) is 6.54 Å². The van der Waals surface area contributed by atoms with Gasteiger partial charge in [-0.3, -0.25) is 0 Å². The van der Waals surface area contributed by atoms with Crippen LogP contribution in [0.4, 0.5) is 5.69 Å².